The van der Waals surface area contributed by atoms with E-state index in [1.165, 1.54) is 25.0 Å². The van der Waals surface area contributed by atoms with Gasteiger partial charge in [-0.15, -0.1) is 0 Å². The number of aromatic nitrogens is 2. The molecule has 17 heavy (non-hydrogen) atoms. The second kappa shape index (κ2) is 5.08. The van der Waals surface area contributed by atoms with Gasteiger partial charge in [-0.1, -0.05) is 0 Å². The van der Waals surface area contributed by atoms with Crippen molar-refractivity contribution in [3.05, 3.63) is 11.9 Å². The zero-order chi connectivity index (χ0) is 12.3. The van der Waals surface area contributed by atoms with Crippen molar-refractivity contribution in [2.45, 2.75) is 52.1 Å². The van der Waals surface area contributed by atoms with E-state index in [1.807, 2.05) is 6.20 Å². The molecule has 0 aliphatic carbocycles. The molecule has 2 heterocycles. The first-order valence-corrected chi connectivity index (χ1v) is 6.58. The van der Waals surface area contributed by atoms with Gasteiger partial charge in [-0.2, -0.15) is 0 Å². The van der Waals surface area contributed by atoms with E-state index in [-0.39, 0.29) is 5.54 Å². The maximum Gasteiger partial charge on any atom is 0.202 e. The van der Waals surface area contributed by atoms with E-state index >= 15 is 0 Å². The van der Waals surface area contributed by atoms with Crippen molar-refractivity contribution in [1.82, 2.24) is 15.3 Å². The number of nitrogens with one attached hydrogen (secondary N) is 2. The van der Waals surface area contributed by atoms with Gasteiger partial charge in [0.25, 0.3) is 0 Å². The molecular formula is C13H24N4. The molecule has 0 bridgehead atoms. The topological polar surface area (TPSA) is 44.0 Å². The van der Waals surface area contributed by atoms with Gasteiger partial charge < -0.3 is 15.2 Å². The third-order valence-corrected chi connectivity index (χ3v) is 3.08. The number of rotatable bonds is 3. The molecule has 96 valence electrons. The number of nitrogens with zero attached hydrogens (tertiary/aromatic N) is 2. The van der Waals surface area contributed by atoms with Gasteiger partial charge in [0.05, 0.1) is 11.9 Å². The van der Waals surface area contributed by atoms with Crippen molar-refractivity contribution < 1.29 is 0 Å². The second-order valence-corrected chi connectivity index (χ2v) is 5.88. The minimum atomic E-state index is 0.149. The molecule has 0 spiro atoms. The first-order valence-electron chi connectivity index (χ1n) is 6.58. The van der Waals surface area contributed by atoms with Crippen LogP contribution < -0.4 is 10.2 Å². The van der Waals surface area contributed by atoms with Crippen molar-refractivity contribution >= 4 is 5.95 Å². The number of hydrogen-bond acceptors (Lipinski definition) is 3. The molecule has 0 radical (unpaired) electrons. The second-order valence-electron chi connectivity index (χ2n) is 5.88. The lowest BCUT2D eigenvalue weighted by atomic mass is 10.1. The fourth-order valence-corrected chi connectivity index (χ4v) is 2.06. The summed E-state index contributed by atoms with van der Waals surface area (Å²) in [6.07, 6.45) is 5.88. The fraction of sp³-hybridized carbons (Fsp3) is 0.769. The standard InChI is InChI=1S/C13H24N4/c1-13(2,3)15-10-11-9-14-12(16-11)17-7-5-4-6-8-17/h9,15H,4-8,10H2,1-3H3,(H,14,16). The smallest absolute Gasteiger partial charge is 0.202 e. The summed E-state index contributed by atoms with van der Waals surface area (Å²) in [5.41, 5.74) is 1.32. The zero-order valence-electron chi connectivity index (χ0n) is 11.2. The number of imidazole rings is 1. The molecule has 0 unspecified atom stereocenters. The van der Waals surface area contributed by atoms with E-state index in [0.717, 1.165) is 25.6 Å². The molecule has 0 atom stereocenters. The zero-order valence-corrected chi connectivity index (χ0v) is 11.2. The maximum atomic E-state index is 4.47. The lowest BCUT2D eigenvalue weighted by Crippen LogP contribution is -2.35. The quantitative estimate of drug-likeness (QED) is 0.846. The predicted molar refractivity (Wildman–Crippen MR) is 71.2 cm³/mol. The molecule has 1 fully saturated rings. The van der Waals surface area contributed by atoms with Crippen LogP contribution in [0.5, 0.6) is 0 Å². The van der Waals surface area contributed by atoms with Crippen LogP contribution in [0.25, 0.3) is 0 Å². The highest BCUT2D eigenvalue weighted by molar-refractivity contribution is 5.31. The summed E-state index contributed by atoms with van der Waals surface area (Å²) in [4.78, 5) is 10.2. The van der Waals surface area contributed by atoms with E-state index in [1.54, 1.807) is 0 Å². The molecule has 0 aromatic carbocycles. The number of hydrogen-bond donors (Lipinski definition) is 2. The number of H-pyrrole nitrogens is 1. The molecule has 1 aliphatic heterocycles. The minimum absolute atomic E-state index is 0.149. The Labute approximate surface area is 104 Å². The minimum Gasteiger partial charge on any atom is -0.342 e. The van der Waals surface area contributed by atoms with Crippen LogP contribution in [-0.2, 0) is 6.54 Å². The van der Waals surface area contributed by atoms with Crippen molar-refractivity contribution in [3.63, 3.8) is 0 Å². The van der Waals surface area contributed by atoms with E-state index in [0.29, 0.717) is 0 Å². The number of aromatic amines is 1. The van der Waals surface area contributed by atoms with Crippen LogP contribution in [-0.4, -0.2) is 28.6 Å². The maximum absolute atomic E-state index is 4.47. The summed E-state index contributed by atoms with van der Waals surface area (Å²) >= 11 is 0. The molecule has 1 aliphatic rings. The van der Waals surface area contributed by atoms with Gasteiger partial charge in [0.1, 0.15) is 0 Å². The van der Waals surface area contributed by atoms with Gasteiger partial charge >= 0.3 is 0 Å². The van der Waals surface area contributed by atoms with Crippen LogP contribution >= 0.6 is 0 Å². The third kappa shape index (κ3) is 3.73. The van der Waals surface area contributed by atoms with Crippen LogP contribution in [0.4, 0.5) is 5.95 Å². The van der Waals surface area contributed by atoms with E-state index < -0.39 is 0 Å². The largest absolute Gasteiger partial charge is 0.342 e. The van der Waals surface area contributed by atoms with Crippen molar-refractivity contribution in [2.24, 2.45) is 0 Å². The first kappa shape index (κ1) is 12.4. The van der Waals surface area contributed by atoms with Crippen LogP contribution in [0, 0.1) is 0 Å². The Kier molecular flexibility index (Phi) is 3.72. The highest BCUT2D eigenvalue weighted by atomic mass is 15.3. The molecular weight excluding hydrogens is 212 g/mol. The van der Waals surface area contributed by atoms with Crippen LogP contribution in [0.1, 0.15) is 45.7 Å². The van der Waals surface area contributed by atoms with Gasteiger partial charge in [0, 0.05) is 25.2 Å². The van der Waals surface area contributed by atoms with Crippen molar-refractivity contribution in [2.75, 3.05) is 18.0 Å². The Morgan fingerprint density at radius 2 is 2.00 bits per heavy atom. The van der Waals surface area contributed by atoms with Gasteiger partial charge in [-0.3, -0.25) is 0 Å². The van der Waals surface area contributed by atoms with E-state index in [2.05, 4.69) is 41.0 Å². The normalized spacial score (nSPS) is 17.5. The molecule has 1 saturated heterocycles. The molecule has 0 saturated carbocycles. The van der Waals surface area contributed by atoms with E-state index in [9.17, 15) is 0 Å². The summed E-state index contributed by atoms with van der Waals surface area (Å²) < 4.78 is 0. The van der Waals surface area contributed by atoms with Crippen LogP contribution in [0.3, 0.4) is 0 Å². The fourth-order valence-electron chi connectivity index (χ4n) is 2.06. The molecule has 4 heteroatoms. The van der Waals surface area contributed by atoms with Gasteiger partial charge in [-0.25, -0.2) is 4.98 Å². The highest BCUT2D eigenvalue weighted by Crippen LogP contribution is 2.16. The molecule has 1 aromatic rings. The molecule has 2 rings (SSSR count). The summed E-state index contributed by atoms with van der Waals surface area (Å²) in [5.74, 6) is 1.04. The Bertz CT molecular complexity index is 345. The SMILES string of the molecule is CC(C)(C)NCc1cnc(N2CCCCC2)[nH]1. The van der Waals surface area contributed by atoms with Crippen molar-refractivity contribution in [3.8, 4) is 0 Å². The summed E-state index contributed by atoms with van der Waals surface area (Å²) in [7, 11) is 0. The van der Waals surface area contributed by atoms with Gasteiger partial charge in [-0.05, 0) is 40.0 Å². The summed E-state index contributed by atoms with van der Waals surface area (Å²) in [5, 5.41) is 3.46. The Morgan fingerprint density at radius 3 is 2.65 bits per heavy atom. The average Bonchev–Trinajstić information content (AvgIpc) is 2.75. The Balaban J connectivity index is 1.91. The molecule has 1 aromatic heterocycles. The summed E-state index contributed by atoms with van der Waals surface area (Å²) in [6, 6.07) is 0. The van der Waals surface area contributed by atoms with E-state index in [4.69, 9.17) is 0 Å². The van der Waals surface area contributed by atoms with Crippen LogP contribution in [0.15, 0.2) is 6.20 Å². The van der Waals surface area contributed by atoms with Gasteiger partial charge in [0.2, 0.25) is 5.95 Å². The Morgan fingerprint density at radius 1 is 1.29 bits per heavy atom. The lowest BCUT2D eigenvalue weighted by Gasteiger charge is -2.26. The average molecular weight is 236 g/mol. The number of anilines is 1. The molecule has 0 amide bonds. The molecule has 2 N–H and O–H groups in total. The van der Waals surface area contributed by atoms with Gasteiger partial charge in [0.15, 0.2) is 0 Å². The Hall–Kier alpha value is -1.03. The molecule has 4 nitrogen and oxygen atoms in total. The predicted octanol–water partition coefficient (Wildman–Crippen LogP) is 2.29. The highest BCUT2D eigenvalue weighted by Gasteiger charge is 2.14. The number of piperidine rings is 1. The summed E-state index contributed by atoms with van der Waals surface area (Å²) in [6.45, 7) is 9.66. The lowest BCUT2D eigenvalue weighted by molar-refractivity contribution is 0.421. The monoisotopic (exact) mass is 236 g/mol. The first-order chi connectivity index (χ1) is 8.04. The third-order valence-electron chi connectivity index (χ3n) is 3.08. The van der Waals surface area contributed by atoms with Crippen molar-refractivity contribution in [1.29, 1.82) is 0 Å². The van der Waals surface area contributed by atoms with Crippen LogP contribution in [0.2, 0.25) is 0 Å².